The molecule has 0 saturated carbocycles. The van der Waals surface area contributed by atoms with Crippen molar-refractivity contribution in [3.05, 3.63) is 107 Å². The number of nitrogens with one attached hydrogen (secondary N) is 2. The van der Waals surface area contributed by atoms with Gasteiger partial charge in [0, 0.05) is 54.4 Å². The second kappa shape index (κ2) is 12.2. The van der Waals surface area contributed by atoms with Crippen LogP contribution in [0.3, 0.4) is 0 Å². The normalized spacial score (nSPS) is 16.2. The van der Waals surface area contributed by atoms with Gasteiger partial charge in [-0.05, 0) is 79.3 Å². The molecule has 1 aromatic heterocycles. The molecule has 10 heteroatoms. The fraction of sp³-hybridized carbons (Fsp3) is 0.312. The molecule has 1 aliphatic rings. The number of aromatic nitrogens is 2. The fourth-order valence-corrected chi connectivity index (χ4v) is 7.32. The van der Waals surface area contributed by atoms with Gasteiger partial charge in [-0.2, -0.15) is 9.40 Å². The summed E-state index contributed by atoms with van der Waals surface area (Å²) in [5.41, 5.74) is 3.71. The summed E-state index contributed by atoms with van der Waals surface area (Å²) in [6.07, 6.45) is 4.95. The number of aryl methyl sites for hydroxylation is 2. The van der Waals surface area contributed by atoms with Crippen LogP contribution in [-0.2, 0) is 22.0 Å². The minimum absolute atomic E-state index is 0.172. The van der Waals surface area contributed by atoms with E-state index in [2.05, 4.69) is 10.4 Å². The van der Waals surface area contributed by atoms with E-state index in [9.17, 15) is 17.9 Å². The lowest BCUT2D eigenvalue weighted by Gasteiger charge is -2.45. The SMILES string of the molecule is CCCn1cc(S(=O)(=O)N2CCC(c3cc(C=N)c(Nc4ccc(F)cc4)cc3C)(C(O)c3ccccc3)CC2)cn1. The third-order valence-electron chi connectivity index (χ3n) is 8.17. The zero-order valence-electron chi connectivity index (χ0n) is 23.8. The van der Waals surface area contributed by atoms with Gasteiger partial charge in [-0.15, -0.1) is 0 Å². The van der Waals surface area contributed by atoms with Crippen LogP contribution in [0.4, 0.5) is 15.8 Å². The third kappa shape index (κ3) is 5.74. The number of rotatable bonds is 10. The van der Waals surface area contributed by atoms with Crippen LogP contribution in [0.2, 0.25) is 0 Å². The molecule has 4 aromatic rings. The first-order chi connectivity index (χ1) is 20.2. The van der Waals surface area contributed by atoms with Crippen LogP contribution >= 0.6 is 0 Å². The largest absolute Gasteiger partial charge is 0.387 e. The van der Waals surface area contributed by atoms with Gasteiger partial charge >= 0.3 is 0 Å². The third-order valence-corrected chi connectivity index (χ3v) is 10.0. The second-order valence-corrected chi connectivity index (χ2v) is 12.8. The molecular weight excluding hydrogens is 553 g/mol. The summed E-state index contributed by atoms with van der Waals surface area (Å²) in [6, 6.07) is 19.3. The van der Waals surface area contributed by atoms with Crippen molar-refractivity contribution in [3.63, 3.8) is 0 Å². The van der Waals surface area contributed by atoms with Crippen molar-refractivity contribution < 1.29 is 17.9 Å². The zero-order valence-corrected chi connectivity index (χ0v) is 24.6. The molecule has 0 amide bonds. The van der Waals surface area contributed by atoms with Gasteiger partial charge < -0.3 is 15.8 Å². The predicted molar refractivity (Wildman–Crippen MR) is 162 cm³/mol. The predicted octanol–water partition coefficient (Wildman–Crippen LogP) is 5.94. The molecular formula is C32H36FN5O3S. The first kappa shape index (κ1) is 29.6. The molecule has 1 fully saturated rings. The van der Waals surface area contributed by atoms with Crippen molar-refractivity contribution >= 4 is 27.6 Å². The molecule has 1 saturated heterocycles. The number of piperidine rings is 1. The number of aliphatic hydroxyl groups excluding tert-OH is 1. The van der Waals surface area contributed by atoms with Crippen molar-refractivity contribution in [1.29, 1.82) is 5.41 Å². The molecule has 0 spiro atoms. The summed E-state index contributed by atoms with van der Waals surface area (Å²) < 4.78 is 43.7. The number of aliphatic hydroxyl groups is 1. The molecule has 42 heavy (non-hydrogen) atoms. The van der Waals surface area contributed by atoms with Crippen molar-refractivity contribution in [2.24, 2.45) is 0 Å². The van der Waals surface area contributed by atoms with Crippen LogP contribution < -0.4 is 5.32 Å². The van der Waals surface area contributed by atoms with Gasteiger partial charge in [0.15, 0.2) is 0 Å². The second-order valence-electron chi connectivity index (χ2n) is 10.8. The zero-order chi connectivity index (χ0) is 29.9. The van der Waals surface area contributed by atoms with E-state index in [4.69, 9.17) is 5.41 Å². The average Bonchev–Trinajstić information content (AvgIpc) is 3.48. The Labute approximate surface area is 246 Å². The maximum absolute atomic E-state index is 13.5. The number of hydrogen-bond donors (Lipinski definition) is 3. The Hall–Kier alpha value is -3.86. The number of anilines is 2. The lowest BCUT2D eigenvalue weighted by molar-refractivity contribution is 0.0441. The van der Waals surface area contributed by atoms with Crippen LogP contribution in [0.25, 0.3) is 0 Å². The van der Waals surface area contributed by atoms with E-state index in [-0.39, 0.29) is 23.8 Å². The van der Waals surface area contributed by atoms with Gasteiger partial charge in [-0.3, -0.25) is 4.68 Å². The van der Waals surface area contributed by atoms with Crippen LogP contribution in [0.1, 0.15) is 54.5 Å². The standard InChI is InChI=1S/C32H36FN5O3S/c1-3-15-37-22-28(21-35-37)42(40,41)38-16-13-32(14-17-38,31(39)24-7-5-4-6-8-24)29-19-25(20-34)30(18-23(29)2)36-27-11-9-26(33)10-12-27/h4-12,18-22,31,34,36,39H,3,13-17H2,1-2H3. The van der Waals surface area contributed by atoms with E-state index in [0.29, 0.717) is 36.3 Å². The Kier molecular flexibility index (Phi) is 8.58. The molecule has 1 atom stereocenters. The number of hydrogen-bond acceptors (Lipinski definition) is 6. The van der Waals surface area contributed by atoms with Crippen molar-refractivity contribution in [2.45, 2.75) is 56.1 Å². The van der Waals surface area contributed by atoms with E-state index in [1.165, 1.54) is 28.8 Å². The Morgan fingerprint density at radius 1 is 1.12 bits per heavy atom. The Morgan fingerprint density at radius 3 is 2.45 bits per heavy atom. The van der Waals surface area contributed by atoms with Crippen molar-refractivity contribution in [2.75, 3.05) is 18.4 Å². The summed E-state index contributed by atoms with van der Waals surface area (Å²) in [5, 5.41) is 27.6. The van der Waals surface area contributed by atoms with Crippen LogP contribution in [-0.4, -0.2) is 46.9 Å². The van der Waals surface area contributed by atoms with Gasteiger partial charge in [-0.1, -0.05) is 37.3 Å². The summed E-state index contributed by atoms with van der Waals surface area (Å²) in [4.78, 5) is 0.172. The summed E-state index contributed by atoms with van der Waals surface area (Å²) in [7, 11) is -3.75. The van der Waals surface area contributed by atoms with E-state index in [1.807, 2.05) is 56.3 Å². The lowest BCUT2D eigenvalue weighted by atomic mass is 9.66. The maximum Gasteiger partial charge on any atom is 0.246 e. The quantitative estimate of drug-likeness (QED) is 0.198. The van der Waals surface area contributed by atoms with E-state index in [0.717, 1.165) is 23.1 Å². The Balaban J connectivity index is 1.51. The topological polar surface area (TPSA) is 111 Å². The average molecular weight is 590 g/mol. The minimum atomic E-state index is -3.75. The van der Waals surface area contributed by atoms with Crippen LogP contribution in [0.5, 0.6) is 0 Å². The van der Waals surface area contributed by atoms with Gasteiger partial charge in [0.05, 0.1) is 12.3 Å². The summed E-state index contributed by atoms with van der Waals surface area (Å²) in [5.74, 6) is -0.334. The molecule has 1 unspecified atom stereocenters. The molecule has 3 aromatic carbocycles. The number of benzene rings is 3. The Bertz CT molecular complexity index is 1650. The molecule has 0 radical (unpaired) electrons. The highest BCUT2D eigenvalue weighted by Crippen LogP contribution is 2.48. The molecule has 5 rings (SSSR count). The number of sulfonamides is 1. The summed E-state index contributed by atoms with van der Waals surface area (Å²) >= 11 is 0. The minimum Gasteiger partial charge on any atom is -0.387 e. The van der Waals surface area contributed by atoms with E-state index >= 15 is 0 Å². The van der Waals surface area contributed by atoms with Gasteiger partial charge in [-0.25, -0.2) is 12.8 Å². The van der Waals surface area contributed by atoms with Crippen molar-refractivity contribution in [3.8, 4) is 0 Å². The highest BCUT2D eigenvalue weighted by atomic mass is 32.2. The molecule has 8 nitrogen and oxygen atoms in total. The monoisotopic (exact) mass is 589 g/mol. The van der Waals surface area contributed by atoms with Crippen LogP contribution in [0, 0.1) is 18.2 Å². The maximum atomic E-state index is 13.5. The first-order valence-corrected chi connectivity index (χ1v) is 15.6. The number of halogens is 1. The van der Waals surface area contributed by atoms with Gasteiger partial charge in [0.25, 0.3) is 0 Å². The molecule has 3 N–H and O–H groups in total. The number of nitrogens with zero attached hydrogens (tertiary/aromatic N) is 3. The molecule has 2 heterocycles. The molecule has 220 valence electrons. The first-order valence-electron chi connectivity index (χ1n) is 14.1. The van der Waals surface area contributed by atoms with Crippen LogP contribution in [0.15, 0.2) is 84.0 Å². The molecule has 0 bridgehead atoms. The van der Waals surface area contributed by atoms with E-state index < -0.39 is 21.5 Å². The summed E-state index contributed by atoms with van der Waals surface area (Å²) in [6.45, 7) is 5.06. The highest BCUT2D eigenvalue weighted by molar-refractivity contribution is 7.89. The fourth-order valence-electron chi connectivity index (χ4n) is 5.93. The van der Waals surface area contributed by atoms with Gasteiger partial charge in [0.1, 0.15) is 10.7 Å². The lowest BCUT2D eigenvalue weighted by Crippen LogP contribution is -2.48. The molecule has 0 aliphatic carbocycles. The smallest absolute Gasteiger partial charge is 0.246 e. The highest BCUT2D eigenvalue weighted by Gasteiger charge is 2.46. The van der Waals surface area contributed by atoms with Crippen molar-refractivity contribution in [1.82, 2.24) is 14.1 Å². The molecule has 1 aliphatic heterocycles. The Morgan fingerprint density at radius 2 is 1.81 bits per heavy atom. The van der Waals surface area contributed by atoms with E-state index in [1.54, 1.807) is 23.0 Å². The van der Waals surface area contributed by atoms with Gasteiger partial charge in [0.2, 0.25) is 10.0 Å².